The van der Waals surface area contributed by atoms with Crippen LogP contribution in [0, 0.1) is 0 Å². The summed E-state index contributed by atoms with van der Waals surface area (Å²) < 4.78 is 0. The van der Waals surface area contributed by atoms with Gasteiger partial charge in [-0.25, -0.2) is 9.97 Å². The molecule has 0 bridgehead atoms. The number of benzene rings is 1. The quantitative estimate of drug-likeness (QED) is 0.889. The van der Waals surface area contributed by atoms with Crippen molar-refractivity contribution in [1.82, 2.24) is 15.3 Å². The third-order valence-corrected chi connectivity index (χ3v) is 4.53. The van der Waals surface area contributed by atoms with E-state index in [-0.39, 0.29) is 23.3 Å². The molecule has 124 valence electrons. The number of carbonyl (C=O) groups excluding carboxylic acids is 2. The predicted molar refractivity (Wildman–Crippen MR) is 89.8 cm³/mol. The van der Waals surface area contributed by atoms with Gasteiger partial charge < -0.3 is 11.1 Å². The van der Waals surface area contributed by atoms with Crippen LogP contribution in [0.4, 0.5) is 0 Å². The van der Waals surface area contributed by atoms with E-state index in [1.807, 2.05) is 24.3 Å². The highest BCUT2D eigenvalue weighted by Gasteiger charge is 2.31. The van der Waals surface area contributed by atoms with Crippen LogP contribution in [0.5, 0.6) is 0 Å². The first-order chi connectivity index (χ1) is 11.6. The fourth-order valence-electron chi connectivity index (χ4n) is 3.16. The fraction of sp³-hybridized carbons (Fsp3) is 0.294. The van der Waals surface area contributed by atoms with Crippen molar-refractivity contribution in [2.75, 3.05) is 0 Å². The molecule has 6 nitrogen and oxygen atoms in total. The largest absolute Gasteiger partial charge is 0.364 e. The maximum Gasteiger partial charge on any atom is 0.272 e. The molecule has 0 spiro atoms. The number of hydrogen-bond acceptors (Lipinski definition) is 4. The summed E-state index contributed by atoms with van der Waals surface area (Å²) >= 11 is 5.94. The standard InChI is InChI=1S/C17H17ClN4O2/c18-11-6-4-10(5-7-11)12-2-1-3-13(12)22-17(24)15-14(16(19)23)20-8-9-21-15/h4-9,12-13H,1-3H2,(H2,19,23)(H,22,24). The summed E-state index contributed by atoms with van der Waals surface area (Å²) in [5.74, 6) is -0.989. The van der Waals surface area contributed by atoms with Crippen LogP contribution in [-0.2, 0) is 0 Å². The lowest BCUT2D eigenvalue weighted by Gasteiger charge is -2.21. The summed E-state index contributed by atoms with van der Waals surface area (Å²) in [6.07, 6.45) is 5.57. The lowest BCUT2D eigenvalue weighted by atomic mass is 9.94. The molecule has 1 aromatic carbocycles. The van der Waals surface area contributed by atoms with E-state index in [0.717, 1.165) is 24.8 Å². The van der Waals surface area contributed by atoms with Crippen LogP contribution in [0.2, 0.25) is 5.02 Å². The van der Waals surface area contributed by atoms with Crippen LogP contribution in [-0.4, -0.2) is 27.8 Å². The fourth-order valence-corrected chi connectivity index (χ4v) is 3.29. The zero-order chi connectivity index (χ0) is 17.1. The highest BCUT2D eigenvalue weighted by atomic mass is 35.5. The van der Waals surface area contributed by atoms with Gasteiger partial charge in [0.05, 0.1) is 0 Å². The van der Waals surface area contributed by atoms with Gasteiger partial charge in [0, 0.05) is 29.4 Å². The molecule has 0 aliphatic heterocycles. The molecular formula is C17H17ClN4O2. The lowest BCUT2D eigenvalue weighted by Crippen LogP contribution is -2.38. The summed E-state index contributed by atoms with van der Waals surface area (Å²) in [5.41, 5.74) is 6.24. The monoisotopic (exact) mass is 344 g/mol. The molecule has 2 atom stereocenters. The molecule has 1 heterocycles. The second kappa shape index (κ2) is 6.97. The number of halogens is 1. The van der Waals surface area contributed by atoms with E-state index >= 15 is 0 Å². The van der Waals surface area contributed by atoms with Crippen molar-refractivity contribution in [3.63, 3.8) is 0 Å². The van der Waals surface area contributed by atoms with Crippen LogP contribution >= 0.6 is 11.6 Å². The van der Waals surface area contributed by atoms with Gasteiger partial charge in [0.15, 0.2) is 11.4 Å². The zero-order valence-corrected chi connectivity index (χ0v) is 13.7. The molecular weight excluding hydrogens is 328 g/mol. The van der Waals surface area contributed by atoms with E-state index in [4.69, 9.17) is 17.3 Å². The van der Waals surface area contributed by atoms with Crippen LogP contribution in [0.3, 0.4) is 0 Å². The predicted octanol–water partition coefficient (Wildman–Crippen LogP) is 2.29. The third kappa shape index (κ3) is 3.38. The smallest absolute Gasteiger partial charge is 0.272 e. The third-order valence-electron chi connectivity index (χ3n) is 4.28. The summed E-state index contributed by atoms with van der Waals surface area (Å²) in [5, 5.41) is 3.65. The summed E-state index contributed by atoms with van der Waals surface area (Å²) in [6.45, 7) is 0. The van der Waals surface area contributed by atoms with E-state index in [0.29, 0.717) is 5.02 Å². The minimum Gasteiger partial charge on any atom is -0.364 e. The second-order valence-electron chi connectivity index (χ2n) is 5.79. The molecule has 0 saturated heterocycles. The molecule has 1 fully saturated rings. The topological polar surface area (TPSA) is 98.0 Å². The molecule has 0 radical (unpaired) electrons. The number of hydrogen-bond donors (Lipinski definition) is 2. The van der Waals surface area contributed by atoms with Crippen LogP contribution < -0.4 is 11.1 Å². The molecule has 24 heavy (non-hydrogen) atoms. The van der Waals surface area contributed by atoms with E-state index in [2.05, 4.69) is 15.3 Å². The Kier molecular flexibility index (Phi) is 4.76. The van der Waals surface area contributed by atoms with Crippen molar-refractivity contribution >= 4 is 23.4 Å². The SMILES string of the molecule is NC(=O)c1nccnc1C(=O)NC1CCCC1c1ccc(Cl)cc1. The Morgan fingerprint density at radius 2 is 1.75 bits per heavy atom. The average Bonchev–Trinajstić information content (AvgIpc) is 3.03. The number of primary amides is 1. The molecule has 1 aliphatic carbocycles. The van der Waals surface area contributed by atoms with Gasteiger partial charge in [-0.1, -0.05) is 30.2 Å². The Bertz CT molecular complexity index is 763. The first kappa shape index (κ1) is 16.4. The number of aromatic nitrogens is 2. The zero-order valence-electron chi connectivity index (χ0n) is 12.9. The van der Waals surface area contributed by atoms with Crippen molar-refractivity contribution in [2.24, 2.45) is 5.73 Å². The minimum absolute atomic E-state index is 0.0265. The van der Waals surface area contributed by atoms with Gasteiger partial charge in [0.2, 0.25) is 0 Å². The maximum absolute atomic E-state index is 12.5. The van der Waals surface area contributed by atoms with Gasteiger partial charge >= 0.3 is 0 Å². The average molecular weight is 345 g/mol. The number of nitrogens with zero attached hydrogens (tertiary/aromatic N) is 2. The summed E-state index contributed by atoms with van der Waals surface area (Å²) in [6, 6.07) is 7.63. The van der Waals surface area contributed by atoms with Crippen LogP contribution in [0.25, 0.3) is 0 Å². The van der Waals surface area contributed by atoms with E-state index in [9.17, 15) is 9.59 Å². The van der Waals surface area contributed by atoms with E-state index in [1.165, 1.54) is 12.4 Å². The molecule has 2 unspecified atom stereocenters. The molecule has 2 aromatic rings. The highest BCUT2D eigenvalue weighted by Crippen LogP contribution is 2.35. The molecule has 7 heteroatoms. The Labute approximate surface area is 144 Å². The van der Waals surface area contributed by atoms with Gasteiger partial charge in [0.25, 0.3) is 11.8 Å². The van der Waals surface area contributed by atoms with E-state index in [1.54, 1.807) is 0 Å². The van der Waals surface area contributed by atoms with Crippen molar-refractivity contribution in [3.05, 3.63) is 58.6 Å². The second-order valence-corrected chi connectivity index (χ2v) is 6.22. The van der Waals surface area contributed by atoms with Gasteiger partial charge in [0.1, 0.15) is 0 Å². The Morgan fingerprint density at radius 1 is 1.08 bits per heavy atom. The summed E-state index contributed by atoms with van der Waals surface area (Å²) in [4.78, 5) is 31.7. The van der Waals surface area contributed by atoms with Crippen molar-refractivity contribution in [3.8, 4) is 0 Å². The first-order valence-corrected chi connectivity index (χ1v) is 8.11. The molecule has 1 aromatic heterocycles. The molecule has 1 aliphatic rings. The Morgan fingerprint density at radius 3 is 2.42 bits per heavy atom. The highest BCUT2D eigenvalue weighted by molar-refractivity contribution is 6.30. The molecule has 3 rings (SSSR count). The summed E-state index contributed by atoms with van der Waals surface area (Å²) in [7, 11) is 0. The Balaban J connectivity index is 1.79. The normalized spacial score (nSPS) is 19.9. The minimum atomic E-state index is -0.770. The van der Waals surface area contributed by atoms with Gasteiger partial charge in [-0.05, 0) is 30.5 Å². The molecule has 2 amide bonds. The van der Waals surface area contributed by atoms with Gasteiger partial charge in [-0.3, -0.25) is 9.59 Å². The van der Waals surface area contributed by atoms with Crippen molar-refractivity contribution in [2.45, 2.75) is 31.2 Å². The molecule has 1 saturated carbocycles. The number of nitrogens with two attached hydrogens (primary N) is 1. The van der Waals surface area contributed by atoms with Gasteiger partial charge in [-0.2, -0.15) is 0 Å². The maximum atomic E-state index is 12.5. The lowest BCUT2D eigenvalue weighted by molar-refractivity contribution is 0.0912. The van der Waals surface area contributed by atoms with Crippen LogP contribution in [0.1, 0.15) is 51.7 Å². The Hall–Kier alpha value is -2.47. The van der Waals surface area contributed by atoms with Crippen LogP contribution in [0.15, 0.2) is 36.7 Å². The number of amides is 2. The van der Waals surface area contributed by atoms with E-state index < -0.39 is 11.8 Å². The molecule has 3 N–H and O–H groups in total. The number of nitrogens with one attached hydrogen (secondary N) is 1. The van der Waals surface area contributed by atoms with Crippen molar-refractivity contribution < 1.29 is 9.59 Å². The van der Waals surface area contributed by atoms with Crippen molar-refractivity contribution in [1.29, 1.82) is 0 Å². The number of rotatable bonds is 4. The van der Waals surface area contributed by atoms with Gasteiger partial charge in [-0.15, -0.1) is 0 Å². The number of carbonyl (C=O) groups is 2. The first-order valence-electron chi connectivity index (χ1n) is 7.73.